The predicted octanol–water partition coefficient (Wildman–Crippen LogP) is 1.75. The number of unbranched alkanes of at least 4 members (excludes halogenated alkanes) is 1. The molecule has 1 heterocycles. The van der Waals surface area contributed by atoms with Gasteiger partial charge in [-0.25, -0.2) is 0 Å². The summed E-state index contributed by atoms with van der Waals surface area (Å²) < 4.78 is 0. The van der Waals surface area contributed by atoms with Crippen LogP contribution in [0.5, 0.6) is 0 Å². The Kier molecular flexibility index (Phi) is 16.0. The average Bonchev–Trinajstić information content (AvgIpc) is 3.65. The number of fused-ring (bicyclic) bond motifs is 2. The highest BCUT2D eigenvalue weighted by molar-refractivity contribution is 6.02. The number of benzene rings is 4. The van der Waals surface area contributed by atoms with E-state index in [-0.39, 0.29) is 25.7 Å². The average molecular weight is 818 g/mol. The van der Waals surface area contributed by atoms with Crippen LogP contribution in [0.3, 0.4) is 0 Å². The topological polar surface area (TPSA) is 256 Å². The number of hydrogen-bond acceptors (Lipinski definition) is 9. The monoisotopic (exact) mass is 817 g/mol. The minimum absolute atomic E-state index is 0.0207. The fraction of sp³-hybridized carbons (Fsp3) is 0.333. The Morgan fingerprint density at radius 1 is 0.583 bits per heavy atom. The van der Waals surface area contributed by atoms with E-state index in [1.54, 1.807) is 30.5 Å². The van der Waals surface area contributed by atoms with Gasteiger partial charge in [0.25, 0.3) is 0 Å². The van der Waals surface area contributed by atoms with E-state index < -0.39 is 71.7 Å². The van der Waals surface area contributed by atoms with E-state index in [2.05, 4.69) is 31.6 Å². The zero-order chi connectivity index (χ0) is 43.2. The smallest absolute Gasteiger partial charge is 0.249 e. The number of rotatable bonds is 20. The Morgan fingerprint density at radius 3 is 1.93 bits per heavy atom. The number of aromatic amines is 1. The lowest BCUT2D eigenvalue weighted by atomic mass is 10.0. The lowest BCUT2D eigenvalue weighted by molar-refractivity contribution is -0.136. The molecule has 5 rings (SSSR count). The number of H-pyrrole nitrogens is 1. The fourth-order valence-electron chi connectivity index (χ4n) is 6.81. The molecule has 0 radical (unpaired) electrons. The molecule has 316 valence electrons. The first-order valence-electron chi connectivity index (χ1n) is 20.2. The Labute approximate surface area is 349 Å². The molecule has 0 aliphatic heterocycles. The van der Waals surface area contributed by atoms with Crippen molar-refractivity contribution in [3.05, 3.63) is 120 Å². The lowest BCUT2D eigenvalue weighted by Gasteiger charge is -2.26. The second kappa shape index (κ2) is 21.5. The zero-order valence-electron chi connectivity index (χ0n) is 33.9. The first-order chi connectivity index (χ1) is 28.8. The van der Waals surface area contributed by atoms with Crippen molar-refractivity contribution >= 4 is 57.1 Å². The third-order valence-electron chi connectivity index (χ3n) is 10.2. The number of hydrogen-bond donors (Lipinski definition) is 9. The van der Waals surface area contributed by atoms with Gasteiger partial charge < -0.3 is 43.5 Å². The van der Waals surface area contributed by atoms with Crippen LogP contribution in [0.1, 0.15) is 49.8 Å². The summed E-state index contributed by atoms with van der Waals surface area (Å²) in [5, 5.41) is 16.2. The maximum atomic E-state index is 14.4. The molecule has 0 aliphatic rings. The van der Waals surface area contributed by atoms with Crippen molar-refractivity contribution in [3.63, 3.8) is 0 Å². The zero-order valence-corrected chi connectivity index (χ0v) is 33.9. The van der Waals surface area contributed by atoms with Crippen molar-refractivity contribution in [2.24, 2.45) is 17.2 Å². The fourth-order valence-corrected chi connectivity index (χ4v) is 6.81. The molecule has 15 nitrogen and oxygen atoms in total. The van der Waals surface area contributed by atoms with Crippen LogP contribution in [0, 0.1) is 0 Å². The van der Waals surface area contributed by atoms with Gasteiger partial charge in [-0.3, -0.25) is 34.1 Å². The molecule has 6 atom stereocenters. The van der Waals surface area contributed by atoms with Crippen LogP contribution in [0.15, 0.2) is 103 Å². The Balaban J connectivity index is 1.34. The number of imide groups is 1. The number of amides is 6. The lowest BCUT2D eigenvalue weighted by Crippen LogP contribution is -2.59. The standard InChI is InChI=1S/C45H55N9O6/c1-27(47)40(55)54-43(58)37(18-10-11-21-46)51-44(59)38(24-29-12-4-3-5-13-29)53-45(60)39(25-33-26-49-36-17-9-8-16-34(33)36)52-41(56)28(2)50-42(57)35(48)23-30-19-20-31-14-6-7-15-32(31)22-30/h3-9,12-17,19-20,22,26-28,35,37-39,49H,10-11,18,21,23-25,46-48H2,1-2H3,(H,50,57)(H,51,59)(H,52,56)(H,53,60)(H,54,55,58). The van der Waals surface area contributed by atoms with Crippen molar-refractivity contribution in [2.75, 3.05) is 6.54 Å². The van der Waals surface area contributed by atoms with E-state index in [1.807, 2.05) is 72.8 Å². The third-order valence-corrected chi connectivity index (χ3v) is 10.2. The van der Waals surface area contributed by atoms with Gasteiger partial charge in [-0.15, -0.1) is 0 Å². The highest BCUT2D eigenvalue weighted by atomic mass is 16.2. The number of carbonyl (C=O) groups excluding carboxylic acids is 6. The summed E-state index contributed by atoms with van der Waals surface area (Å²) in [5.74, 6) is -4.03. The summed E-state index contributed by atoms with van der Waals surface area (Å²) in [6, 6.07) is 23.6. The summed E-state index contributed by atoms with van der Waals surface area (Å²) in [7, 11) is 0. The number of para-hydroxylation sites is 1. The van der Waals surface area contributed by atoms with Crippen LogP contribution in [0.2, 0.25) is 0 Å². The van der Waals surface area contributed by atoms with Gasteiger partial charge >= 0.3 is 0 Å². The second-order valence-corrected chi connectivity index (χ2v) is 15.1. The summed E-state index contributed by atoms with van der Waals surface area (Å²) in [4.78, 5) is 84.2. The van der Waals surface area contributed by atoms with Crippen LogP contribution < -0.4 is 43.8 Å². The van der Waals surface area contributed by atoms with Crippen molar-refractivity contribution in [3.8, 4) is 0 Å². The van der Waals surface area contributed by atoms with Crippen molar-refractivity contribution < 1.29 is 28.8 Å². The minimum Gasteiger partial charge on any atom is -0.361 e. The van der Waals surface area contributed by atoms with Crippen LogP contribution in [-0.2, 0) is 48.0 Å². The van der Waals surface area contributed by atoms with Crippen LogP contribution in [0.25, 0.3) is 21.7 Å². The van der Waals surface area contributed by atoms with Gasteiger partial charge in [0.05, 0.1) is 12.1 Å². The molecule has 6 amide bonds. The number of carbonyl (C=O) groups is 6. The first-order valence-corrected chi connectivity index (χ1v) is 20.2. The van der Waals surface area contributed by atoms with Crippen molar-refractivity contribution in [2.45, 2.75) is 88.6 Å². The summed E-state index contributed by atoms with van der Waals surface area (Å²) >= 11 is 0. The van der Waals surface area contributed by atoms with E-state index in [1.165, 1.54) is 13.8 Å². The molecule has 0 saturated carbocycles. The molecule has 1 aromatic heterocycles. The van der Waals surface area contributed by atoms with Crippen molar-refractivity contribution in [1.82, 2.24) is 31.6 Å². The molecular formula is C45H55N9O6. The van der Waals surface area contributed by atoms with E-state index >= 15 is 0 Å². The van der Waals surface area contributed by atoms with Crippen LogP contribution >= 0.6 is 0 Å². The van der Waals surface area contributed by atoms with Gasteiger partial charge in [0.2, 0.25) is 35.4 Å². The van der Waals surface area contributed by atoms with Gasteiger partial charge in [0.15, 0.2) is 0 Å². The molecule has 0 spiro atoms. The van der Waals surface area contributed by atoms with Gasteiger partial charge in [-0.1, -0.05) is 91.0 Å². The molecular weight excluding hydrogens is 763 g/mol. The molecule has 60 heavy (non-hydrogen) atoms. The normalized spacial score (nSPS) is 14.2. The summed E-state index contributed by atoms with van der Waals surface area (Å²) in [6.45, 7) is 3.28. The van der Waals surface area contributed by atoms with Crippen molar-refractivity contribution in [1.29, 1.82) is 0 Å². The van der Waals surface area contributed by atoms with Crippen LogP contribution in [-0.4, -0.2) is 83.2 Å². The Morgan fingerprint density at radius 2 is 1.22 bits per heavy atom. The molecule has 6 unspecified atom stereocenters. The maximum absolute atomic E-state index is 14.4. The predicted molar refractivity (Wildman–Crippen MR) is 231 cm³/mol. The van der Waals surface area contributed by atoms with Gasteiger partial charge in [0, 0.05) is 29.9 Å². The Hall–Kier alpha value is -6.42. The van der Waals surface area contributed by atoms with E-state index in [0.29, 0.717) is 24.9 Å². The molecule has 0 bridgehead atoms. The minimum atomic E-state index is -1.22. The molecule has 12 N–H and O–H groups in total. The molecule has 0 fully saturated rings. The largest absolute Gasteiger partial charge is 0.361 e. The Bertz CT molecular complexity index is 2280. The SMILES string of the molecule is CC(N)C(=O)NC(=O)C(CCCCN)NC(=O)C(Cc1ccccc1)NC(=O)C(Cc1c[nH]c2ccccc12)NC(=O)C(C)NC(=O)C(N)Cc1ccc2ccccc2c1. The van der Waals surface area contributed by atoms with Gasteiger partial charge in [-0.2, -0.15) is 0 Å². The molecule has 0 aliphatic carbocycles. The highest BCUT2D eigenvalue weighted by Gasteiger charge is 2.32. The molecule has 15 heteroatoms. The van der Waals surface area contributed by atoms with Crippen LogP contribution in [0.4, 0.5) is 0 Å². The van der Waals surface area contributed by atoms with E-state index in [9.17, 15) is 28.8 Å². The molecule has 0 saturated heterocycles. The van der Waals surface area contributed by atoms with Gasteiger partial charge in [0.1, 0.15) is 24.2 Å². The highest BCUT2D eigenvalue weighted by Crippen LogP contribution is 2.20. The third kappa shape index (κ3) is 12.5. The number of nitrogens with two attached hydrogens (primary N) is 3. The number of nitrogens with one attached hydrogen (secondary N) is 6. The maximum Gasteiger partial charge on any atom is 0.249 e. The number of aromatic nitrogens is 1. The van der Waals surface area contributed by atoms with Gasteiger partial charge in [-0.05, 0) is 79.6 Å². The quantitative estimate of drug-likeness (QED) is 0.0518. The van der Waals surface area contributed by atoms with E-state index in [4.69, 9.17) is 17.2 Å². The summed E-state index contributed by atoms with van der Waals surface area (Å²) in [5.41, 5.74) is 20.8. The molecule has 5 aromatic rings. The molecule has 4 aromatic carbocycles. The summed E-state index contributed by atoms with van der Waals surface area (Å²) in [6.07, 6.45) is 3.24. The first kappa shape index (κ1) is 44.7. The second-order valence-electron chi connectivity index (χ2n) is 15.1. The van der Waals surface area contributed by atoms with E-state index in [0.717, 1.165) is 32.8 Å².